The van der Waals surface area contributed by atoms with E-state index in [9.17, 15) is 19.5 Å². The number of nitrogens with one attached hydrogen (secondary N) is 1. The zero-order valence-corrected chi connectivity index (χ0v) is 15.8. The first kappa shape index (κ1) is 20.0. The SMILES string of the molecule is COC(=O)c1scc2c1N(C[C@@H](CO)NC(=O)OC(C)(C)C)C(=O)CO2. The molecule has 0 aliphatic carbocycles. The van der Waals surface area contributed by atoms with Crippen LogP contribution in [0.15, 0.2) is 5.38 Å². The summed E-state index contributed by atoms with van der Waals surface area (Å²) in [6.45, 7) is 4.47. The second-order valence-electron chi connectivity index (χ2n) is 6.59. The molecule has 1 aromatic rings. The predicted molar refractivity (Wildman–Crippen MR) is 93.8 cm³/mol. The van der Waals surface area contributed by atoms with Crippen LogP contribution < -0.4 is 15.0 Å². The van der Waals surface area contributed by atoms with Gasteiger partial charge in [0, 0.05) is 11.9 Å². The summed E-state index contributed by atoms with van der Waals surface area (Å²) in [6, 6.07) is -0.787. The number of alkyl carbamates (subject to hydrolysis) is 1. The summed E-state index contributed by atoms with van der Waals surface area (Å²) in [5, 5.41) is 13.7. The largest absolute Gasteiger partial charge is 0.481 e. The van der Waals surface area contributed by atoms with Gasteiger partial charge >= 0.3 is 12.1 Å². The summed E-state index contributed by atoms with van der Waals surface area (Å²) < 4.78 is 15.2. The van der Waals surface area contributed by atoms with E-state index in [4.69, 9.17) is 14.2 Å². The Labute approximate surface area is 154 Å². The number of aliphatic hydroxyl groups excluding tert-OH is 1. The molecule has 2 rings (SSSR count). The monoisotopic (exact) mass is 386 g/mol. The summed E-state index contributed by atoms with van der Waals surface area (Å²) in [7, 11) is 1.24. The van der Waals surface area contributed by atoms with Gasteiger partial charge in [-0.1, -0.05) is 0 Å². The van der Waals surface area contributed by atoms with Crippen molar-refractivity contribution in [2.24, 2.45) is 0 Å². The molecular weight excluding hydrogens is 364 g/mol. The molecular formula is C16H22N2O7S. The van der Waals surface area contributed by atoms with E-state index < -0.39 is 36.2 Å². The van der Waals surface area contributed by atoms with Crippen LogP contribution in [0.1, 0.15) is 30.4 Å². The van der Waals surface area contributed by atoms with Gasteiger partial charge in [0.1, 0.15) is 16.2 Å². The molecule has 0 radical (unpaired) electrons. The highest BCUT2D eigenvalue weighted by Gasteiger charge is 2.34. The summed E-state index contributed by atoms with van der Waals surface area (Å²) in [4.78, 5) is 37.7. The van der Waals surface area contributed by atoms with Crippen molar-refractivity contribution in [2.45, 2.75) is 32.4 Å². The number of esters is 1. The van der Waals surface area contributed by atoms with Crippen molar-refractivity contribution in [2.75, 3.05) is 31.8 Å². The van der Waals surface area contributed by atoms with Gasteiger partial charge in [0.05, 0.1) is 19.8 Å². The Hall–Kier alpha value is -2.33. The van der Waals surface area contributed by atoms with Crippen LogP contribution in [0.3, 0.4) is 0 Å². The number of ether oxygens (including phenoxy) is 3. The Kier molecular flexibility index (Phi) is 6.09. The number of anilines is 1. The minimum atomic E-state index is -0.787. The van der Waals surface area contributed by atoms with E-state index in [-0.39, 0.29) is 23.7 Å². The summed E-state index contributed by atoms with van der Waals surface area (Å²) in [5.41, 5.74) is -0.417. The van der Waals surface area contributed by atoms with Crippen molar-refractivity contribution < 1.29 is 33.7 Å². The summed E-state index contributed by atoms with van der Waals surface area (Å²) in [6.07, 6.45) is -0.712. The topological polar surface area (TPSA) is 114 Å². The molecule has 0 fully saturated rings. The lowest BCUT2D eigenvalue weighted by atomic mass is 10.2. The molecule has 2 N–H and O–H groups in total. The Morgan fingerprint density at radius 2 is 2.15 bits per heavy atom. The number of aliphatic hydroxyl groups is 1. The molecule has 0 bridgehead atoms. The third-order valence-corrected chi connectivity index (χ3v) is 4.30. The van der Waals surface area contributed by atoms with Crippen molar-refractivity contribution >= 4 is 35.0 Å². The Morgan fingerprint density at radius 3 is 2.73 bits per heavy atom. The van der Waals surface area contributed by atoms with Crippen molar-refractivity contribution in [3.63, 3.8) is 0 Å². The minimum Gasteiger partial charge on any atom is -0.481 e. The van der Waals surface area contributed by atoms with Crippen LogP contribution in [0.5, 0.6) is 5.75 Å². The maximum Gasteiger partial charge on any atom is 0.408 e. The van der Waals surface area contributed by atoms with Crippen LogP contribution in [0.2, 0.25) is 0 Å². The van der Waals surface area contributed by atoms with Crippen LogP contribution in [0, 0.1) is 0 Å². The number of hydrogen-bond donors (Lipinski definition) is 2. The number of amides is 2. The number of nitrogens with zero attached hydrogens (tertiary/aromatic N) is 1. The Bertz CT molecular complexity index is 695. The number of hydrogen-bond acceptors (Lipinski definition) is 8. The highest BCUT2D eigenvalue weighted by molar-refractivity contribution is 7.13. The molecule has 0 aromatic carbocycles. The molecule has 1 aromatic heterocycles. The van der Waals surface area contributed by atoms with Crippen LogP contribution in [0.4, 0.5) is 10.5 Å². The van der Waals surface area contributed by atoms with Crippen molar-refractivity contribution in [1.29, 1.82) is 0 Å². The second-order valence-corrected chi connectivity index (χ2v) is 7.47. The molecule has 1 atom stereocenters. The van der Waals surface area contributed by atoms with Crippen LogP contribution >= 0.6 is 11.3 Å². The lowest BCUT2D eigenvalue weighted by Crippen LogP contribution is -2.51. The van der Waals surface area contributed by atoms with E-state index in [1.807, 2.05) is 0 Å². The molecule has 2 amide bonds. The molecule has 0 saturated heterocycles. The number of methoxy groups -OCH3 is 1. The fraction of sp³-hybridized carbons (Fsp3) is 0.562. The van der Waals surface area contributed by atoms with Gasteiger partial charge in [-0.2, -0.15) is 0 Å². The van der Waals surface area contributed by atoms with E-state index >= 15 is 0 Å². The van der Waals surface area contributed by atoms with Gasteiger partial charge < -0.3 is 29.5 Å². The third-order valence-electron chi connectivity index (χ3n) is 3.37. The molecule has 0 spiro atoms. The highest BCUT2D eigenvalue weighted by Crippen LogP contribution is 2.41. The molecule has 2 heterocycles. The number of rotatable bonds is 5. The lowest BCUT2D eigenvalue weighted by Gasteiger charge is -2.31. The smallest absolute Gasteiger partial charge is 0.408 e. The quantitative estimate of drug-likeness (QED) is 0.730. The van der Waals surface area contributed by atoms with E-state index in [0.29, 0.717) is 5.75 Å². The van der Waals surface area contributed by atoms with Gasteiger partial charge in [0.15, 0.2) is 12.4 Å². The van der Waals surface area contributed by atoms with Crippen molar-refractivity contribution in [3.8, 4) is 5.75 Å². The molecule has 1 aliphatic heterocycles. The van der Waals surface area contributed by atoms with Crippen molar-refractivity contribution in [1.82, 2.24) is 5.32 Å². The first-order chi connectivity index (χ1) is 12.2. The predicted octanol–water partition coefficient (Wildman–Crippen LogP) is 1.15. The second kappa shape index (κ2) is 7.92. The van der Waals surface area contributed by atoms with E-state index in [0.717, 1.165) is 11.3 Å². The minimum absolute atomic E-state index is 0.0499. The maximum atomic E-state index is 12.3. The highest BCUT2D eigenvalue weighted by atomic mass is 32.1. The summed E-state index contributed by atoms with van der Waals surface area (Å²) in [5.74, 6) is -0.616. The van der Waals surface area contributed by atoms with Gasteiger partial charge in [-0.25, -0.2) is 9.59 Å². The number of carbonyl (C=O) groups excluding carboxylic acids is 3. The van der Waals surface area contributed by atoms with Crippen LogP contribution in [0.25, 0.3) is 0 Å². The Balaban J connectivity index is 2.20. The zero-order valence-electron chi connectivity index (χ0n) is 15.0. The van der Waals surface area contributed by atoms with Gasteiger partial charge in [0.2, 0.25) is 0 Å². The molecule has 0 saturated carbocycles. The first-order valence-electron chi connectivity index (χ1n) is 7.89. The first-order valence-corrected chi connectivity index (χ1v) is 8.77. The normalized spacial score (nSPS) is 15.0. The molecule has 0 unspecified atom stereocenters. The average Bonchev–Trinajstić information content (AvgIpc) is 2.98. The van der Waals surface area contributed by atoms with Gasteiger partial charge in [0.25, 0.3) is 5.91 Å². The molecule has 9 nitrogen and oxygen atoms in total. The van der Waals surface area contributed by atoms with Gasteiger partial charge in [-0.15, -0.1) is 11.3 Å². The fourth-order valence-corrected chi connectivity index (χ4v) is 3.22. The molecule has 26 heavy (non-hydrogen) atoms. The van der Waals surface area contributed by atoms with Crippen LogP contribution in [-0.4, -0.2) is 61.6 Å². The number of carbonyl (C=O) groups is 3. The maximum absolute atomic E-state index is 12.3. The van der Waals surface area contributed by atoms with Crippen molar-refractivity contribution in [3.05, 3.63) is 10.3 Å². The number of fused-ring (bicyclic) bond motifs is 1. The summed E-state index contributed by atoms with van der Waals surface area (Å²) >= 11 is 1.09. The Morgan fingerprint density at radius 1 is 1.46 bits per heavy atom. The van der Waals surface area contributed by atoms with Crippen LogP contribution in [-0.2, 0) is 14.3 Å². The fourth-order valence-electron chi connectivity index (χ4n) is 2.31. The number of thiophene rings is 1. The third kappa shape index (κ3) is 4.64. The standard InChI is InChI=1S/C16H22N2O7S/c1-16(2,3)25-15(22)17-9(6-19)5-18-11(20)7-24-10-8-26-13(12(10)18)14(21)23-4/h8-9,19H,5-7H2,1-4H3,(H,17,22)/t9-/m0/s1. The van der Waals surface area contributed by atoms with Gasteiger partial charge in [-0.05, 0) is 20.8 Å². The molecule has 1 aliphatic rings. The average molecular weight is 386 g/mol. The molecule has 144 valence electrons. The molecule has 10 heteroatoms. The van der Waals surface area contributed by atoms with E-state index in [1.165, 1.54) is 12.0 Å². The van der Waals surface area contributed by atoms with Gasteiger partial charge in [-0.3, -0.25) is 4.79 Å². The lowest BCUT2D eigenvalue weighted by molar-refractivity contribution is -0.121. The zero-order chi connectivity index (χ0) is 19.5. The van der Waals surface area contributed by atoms with E-state index in [1.54, 1.807) is 26.2 Å². The van der Waals surface area contributed by atoms with E-state index in [2.05, 4.69) is 5.32 Å².